The van der Waals surface area contributed by atoms with Gasteiger partial charge in [0.25, 0.3) is 0 Å². The van der Waals surface area contributed by atoms with Gasteiger partial charge in [0.15, 0.2) is 0 Å². The summed E-state index contributed by atoms with van der Waals surface area (Å²) in [7, 11) is 0. The minimum absolute atomic E-state index is 0.275. The predicted octanol–water partition coefficient (Wildman–Crippen LogP) is 1.52. The number of aromatic amines is 1. The van der Waals surface area contributed by atoms with Crippen LogP contribution in [0.3, 0.4) is 0 Å². The summed E-state index contributed by atoms with van der Waals surface area (Å²) in [6.45, 7) is 5.42. The number of anilines is 3. The lowest BCUT2D eigenvalue weighted by atomic mass is 10.1. The molecule has 1 aliphatic heterocycles. The van der Waals surface area contributed by atoms with Gasteiger partial charge in [-0.2, -0.15) is 10.1 Å². The zero-order valence-corrected chi connectivity index (χ0v) is 12.3. The molecule has 0 saturated carbocycles. The molecule has 112 valence electrons. The number of hydrogen-bond donors (Lipinski definition) is 3. The van der Waals surface area contributed by atoms with Crippen molar-refractivity contribution in [2.24, 2.45) is 0 Å². The third-order valence-corrected chi connectivity index (χ3v) is 3.73. The van der Waals surface area contributed by atoms with Crippen LogP contribution in [0, 0.1) is 13.8 Å². The van der Waals surface area contributed by atoms with Crippen molar-refractivity contribution in [1.82, 2.24) is 20.2 Å². The number of nitrogens with one attached hydrogen (secondary N) is 2. The fraction of sp³-hybridized carbons (Fsp3) is 0.500. The lowest BCUT2D eigenvalue weighted by molar-refractivity contribution is 0.154. The van der Waals surface area contributed by atoms with Crippen LogP contribution in [0.1, 0.15) is 24.2 Å². The third-order valence-electron chi connectivity index (χ3n) is 3.73. The van der Waals surface area contributed by atoms with Gasteiger partial charge < -0.3 is 15.3 Å². The molecule has 7 nitrogen and oxygen atoms in total. The van der Waals surface area contributed by atoms with Gasteiger partial charge in [-0.25, -0.2) is 4.98 Å². The summed E-state index contributed by atoms with van der Waals surface area (Å²) in [5, 5.41) is 20.1. The SMILES string of the molecule is Cc1n[nH]c(C)c1Nc1nccc(N2CCCC(O)C2)n1. The number of aliphatic hydroxyl groups is 1. The van der Waals surface area contributed by atoms with E-state index in [2.05, 4.69) is 30.4 Å². The quantitative estimate of drug-likeness (QED) is 0.793. The van der Waals surface area contributed by atoms with E-state index in [4.69, 9.17) is 0 Å². The lowest BCUT2D eigenvalue weighted by Gasteiger charge is -2.31. The van der Waals surface area contributed by atoms with Gasteiger partial charge in [-0.05, 0) is 32.8 Å². The highest BCUT2D eigenvalue weighted by atomic mass is 16.3. The summed E-state index contributed by atoms with van der Waals surface area (Å²) in [5.41, 5.74) is 2.75. The molecule has 1 unspecified atom stereocenters. The number of hydrogen-bond acceptors (Lipinski definition) is 6. The molecule has 1 aliphatic rings. The molecule has 0 amide bonds. The highest BCUT2D eigenvalue weighted by Crippen LogP contribution is 2.22. The molecule has 3 heterocycles. The molecule has 1 fully saturated rings. The van der Waals surface area contributed by atoms with Crippen molar-refractivity contribution in [1.29, 1.82) is 0 Å². The first-order valence-electron chi connectivity index (χ1n) is 7.18. The van der Waals surface area contributed by atoms with Crippen LogP contribution in [0.25, 0.3) is 0 Å². The Bertz CT molecular complexity index is 606. The molecule has 1 saturated heterocycles. The Hall–Kier alpha value is -2.15. The summed E-state index contributed by atoms with van der Waals surface area (Å²) >= 11 is 0. The first kappa shape index (κ1) is 13.8. The molecule has 1 atom stereocenters. The number of nitrogens with zero attached hydrogens (tertiary/aromatic N) is 4. The fourth-order valence-electron chi connectivity index (χ4n) is 2.60. The minimum atomic E-state index is -0.275. The summed E-state index contributed by atoms with van der Waals surface area (Å²) in [4.78, 5) is 10.9. The zero-order valence-electron chi connectivity index (χ0n) is 12.3. The van der Waals surface area contributed by atoms with Crippen LogP contribution in [0.2, 0.25) is 0 Å². The predicted molar refractivity (Wildman–Crippen MR) is 80.8 cm³/mol. The van der Waals surface area contributed by atoms with Crippen molar-refractivity contribution < 1.29 is 5.11 Å². The molecule has 0 aromatic carbocycles. The highest BCUT2D eigenvalue weighted by Gasteiger charge is 2.19. The van der Waals surface area contributed by atoms with Crippen molar-refractivity contribution in [2.75, 3.05) is 23.3 Å². The van der Waals surface area contributed by atoms with E-state index in [0.29, 0.717) is 12.5 Å². The van der Waals surface area contributed by atoms with E-state index in [-0.39, 0.29) is 6.10 Å². The molecule has 0 aliphatic carbocycles. The van der Waals surface area contributed by atoms with Gasteiger partial charge in [0, 0.05) is 19.3 Å². The number of piperidine rings is 1. The van der Waals surface area contributed by atoms with Crippen LogP contribution >= 0.6 is 0 Å². The number of aryl methyl sites for hydroxylation is 2. The van der Waals surface area contributed by atoms with Gasteiger partial charge in [0.1, 0.15) is 5.82 Å². The molecule has 0 spiro atoms. The van der Waals surface area contributed by atoms with Gasteiger partial charge in [-0.3, -0.25) is 5.10 Å². The van der Waals surface area contributed by atoms with Crippen molar-refractivity contribution >= 4 is 17.5 Å². The van der Waals surface area contributed by atoms with Crippen LogP contribution in [-0.2, 0) is 0 Å². The van der Waals surface area contributed by atoms with Crippen LogP contribution in [0.5, 0.6) is 0 Å². The molecule has 2 aromatic rings. The molecule has 21 heavy (non-hydrogen) atoms. The first-order chi connectivity index (χ1) is 10.1. The van der Waals surface area contributed by atoms with E-state index in [1.807, 2.05) is 19.9 Å². The van der Waals surface area contributed by atoms with Crippen molar-refractivity contribution in [3.05, 3.63) is 23.7 Å². The van der Waals surface area contributed by atoms with E-state index in [1.54, 1.807) is 6.20 Å². The molecule has 3 rings (SSSR count). The highest BCUT2D eigenvalue weighted by molar-refractivity contribution is 5.60. The second kappa shape index (κ2) is 5.69. The van der Waals surface area contributed by atoms with E-state index in [1.165, 1.54) is 0 Å². The van der Waals surface area contributed by atoms with Gasteiger partial charge in [0.2, 0.25) is 5.95 Å². The maximum Gasteiger partial charge on any atom is 0.229 e. The number of rotatable bonds is 3. The van der Waals surface area contributed by atoms with E-state index >= 15 is 0 Å². The Balaban J connectivity index is 1.80. The Labute approximate surface area is 123 Å². The molecule has 7 heteroatoms. The standard InChI is InChI=1S/C14H20N6O/c1-9-13(10(2)19-18-9)17-14-15-6-5-12(16-14)20-7-3-4-11(21)8-20/h5-6,11,21H,3-4,7-8H2,1-2H3,(H,18,19)(H,15,16,17). The van der Waals surface area contributed by atoms with Gasteiger partial charge >= 0.3 is 0 Å². The summed E-state index contributed by atoms with van der Waals surface area (Å²) in [6, 6.07) is 1.87. The number of H-pyrrole nitrogens is 1. The molecular formula is C14H20N6O. The first-order valence-corrected chi connectivity index (χ1v) is 7.18. The second-order valence-corrected chi connectivity index (χ2v) is 5.41. The Morgan fingerprint density at radius 1 is 1.43 bits per heavy atom. The van der Waals surface area contributed by atoms with Crippen molar-refractivity contribution in [3.8, 4) is 0 Å². The number of β-amino-alcohol motifs (C(OH)–C–C–N with tert-alkyl or cyclic N) is 1. The number of aliphatic hydroxyl groups excluding tert-OH is 1. The zero-order chi connectivity index (χ0) is 14.8. The van der Waals surface area contributed by atoms with Crippen molar-refractivity contribution in [3.63, 3.8) is 0 Å². The molecule has 3 N–H and O–H groups in total. The van der Waals surface area contributed by atoms with E-state index in [0.717, 1.165) is 42.3 Å². The molecule has 0 radical (unpaired) electrons. The topological polar surface area (TPSA) is 90.0 Å². The third kappa shape index (κ3) is 2.97. The Kier molecular flexibility index (Phi) is 3.74. The smallest absolute Gasteiger partial charge is 0.229 e. The normalized spacial score (nSPS) is 18.8. The fourth-order valence-corrected chi connectivity index (χ4v) is 2.60. The van der Waals surface area contributed by atoms with Crippen LogP contribution < -0.4 is 10.2 Å². The Morgan fingerprint density at radius 2 is 2.29 bits per heavy atom. The maximum atomic E-state index is 9.78. The van der Waals surface area contributed by atoms with E-state index in [9.17, 15) is 5.11 Å². The summed E-state index contributed by atoms with van der Waals surface area (Å²) in [5.74, 6) is 1.38. The lowest BCUT2D eigenvalue weighted by Crippen LogP contribution is -2.38. The van der Waals surface area contributed by atoms with E-state index < -0.39 is 0 Å². The average molecular weight is 288 g/mol. The molecule has 0 bridgehead atoms. The number of aromatic nitrogens is 4. The monoisotopic (exact) mass is 288 g/mol. The van der Waals surface area contributed by atoms with Crippen LogP contribution in [-0.4, -0.2) is 44.5 Å². The maximum absolute atomic E-state index is 9.78. The second-order valence-electron chi connectivity index (χ2n) is 5.41. The van der Waals surface area contributed by atoms with Crippen molar-refractivity contribution in [2.45, 2.75) is 32.8 Å². The largest absolute Gasteiger partial charge is 0.391 e. The van der Waals surface area contributed by atoms with Gasteiger partial charge in [0.05, 0.1) is 23.2 Å². The summed E-state index contributed by atoms with van der Waals surface area (Å²) < 4.78 is 0. The molecular weight excluding hydrogens is 268 g/mol. The van der Waals surface area contributed by atoms with Gasteiger partial charge in [-0.15, -0.1) is 0 Å². The van der Waals surface area contributed by atoms with Crippen LogP contribution in [0.4, 0.5) is 17.5 Å². The summed E-state index contributed by atoms with van der Waals surface area (Å²) in [6.07, 6.45) is 3.30. The van der Waals surface area contributed by atoms with Crippen LogP contribution in [0.15, 0.2) is 12.3 Å². The average Bonchev–Trinajstić information content (AvgIpc) is 2.80. The Morgan fingerprint density at radius 3 is 3.00 bits per heavy atom. The molecule has 2 aromatic heterocycles. The minimum Gasteiger partial charge on any atom is -0.391 e. The van der Waals surface area contributed by atoms with Gasteiger partial charge in [-0.1, -0.05) is 0 Å².